The summed E-state index contributed by atoms with van der Waals surface area (Å²) in [7, 11) is 0. The third kappa shape index (κ3) is 5.20. The fraction of sp³-hybridized carbons (Fsp3) is 0.536. The van der Waals surface area contributed by atoms with E-state index in [1.165, 1.54) is 24.0 Å². The van der Waals surface area contributed by atoms with Crippen molar-refractivity contribution in [3.8, 4) is 0 Å². The van der Waals surface area contributed by atoms with E-state index in [2.05, 4.69) is 84.3 Å². The third-order valence-electron chi connectivity index (χ3n) is 7.67. The van der Waals surface area contributed by atoms with Crippen molar-refractivity contribution in [3.63, 3.8) is 0 Å². The highest BCUT2D eigenvalue weighted by atomic mass is 16.2. The predicted octanol–water partition coefficient (Wildman–Crippen LogP) is 5.54. The van der Waals surface area contributed by atoms with Gasteiger partial charge in [-0.15, -0.1) is 0 Å². The summed E-state index contributed by atoms with van der Waals surface area (Å²) >= 11 is 0. The lowest BCUT2D eigenvalue weighted by Gasteiger charge is -2.35. The molecule has 0 bridgehead atoms. The summed E-state index contributed by atoms with van der Waals surface area (Å²) in [6.45, 7) is 9.51. The molecule has 1 amide bonds. The number of hydrogen-bond acceptors (Lipinski definition) is 2. The minimum absolute atomic E-state index is 0.178. The molecule has 2 atom stereocenters. The van der Waals surface area contributed by atoms with Crippen molar-refractivity contribution in [2.75, 3.05) is 32.7 Å². The van der Waals surface area contributed by atoms with Crippen LogP contribution in [0.15, 0.2) is 60.7 Å². The normalized spacial score (nSPS) is 22.9. The summed E-state index contributed by atoms with van der Waals surface area (Å²) in [4.78, 5) is 18.0. The van der Waals surface area contributed by atoms with Crippen LogP contribution in [0.3, 0.4) is 0 Å². The first-order valence-corrected chi connectivity index (χ1v) is 12.3. The van der Waals surface area contributed by atoms with Crippen LogP contribution in [-0.2, 0) is 4.79 Å². The Morgan fingerprint density at radius 1 is 0.871 bits per heavy atom. The van der Waals surface area contributed by atoms with E-state index in [1.807, 2.05) is 0 Å². The zero-order valence-corrected chi connectivity index (χ0v) is 19.2. The quantitative estimate of drug-likeness (QED) is 0.589. The monoisotopic (exact) mass is 418 g/mol. The minimum atomic E-state index is 0.178. The van der Waals surface area contributed by atoms with Gasteiger partial charge >= 0.3 is 0 Å². The zero-order valence-electron chi connectivity index (χ0n) is 19.2. The molecule has 0 unspecified atom stereocenters. The first-order valence-electron chi connectivity index (χ1n) is 12.3. The van der Waals surface area contributed by atoms with Gasteiger partial charge in [-0.2, -0.15) is 0 Å². The molecule has 31 heavy (non-hydrogen) atoms. The van der Waals surface area contributed by atoms with Crippen LogP contribution in [0, 0.1) is 11.8 Å². The van der Waals surface area contributed by atoms with Gasteiger partial charge in [-0.05, 0) is 61.7 Å². The van der Waals surface area contributed by atoms with Gasteiger partial charge in [-0.25, -0.2) is 0 Å². The summed E-state index contributed by atoms with van der Waals surface area (Å²) in [6.07, 6.45) is 4.37. The molecular formula is C28H38N2O. The highest BCUT2D eigenvalue weighted by Crippen LogP contribution is 2.36. The Hall–Kier alpha value is -2.13. The van der Waals surface area contributed by atoms with Gasteiger partial charge in [-0.1, -0.05) is 74.5 Å². The Balaban J connectivity index is 1.42. The topological polar surface area (TPSA) is 23.6 Å². The number of hydrogen-bond donors (Lipinski definition) is 0. The van der Waals surface area contributed by atoms with E-state index in [4.69, 9.17) is 0 Å². The van der Waals surface area contributed by atoms with Crippen LogP contribution >= 0.6 is 0 Å². The molecule has 2 heterocycles. The number of carbonyl (C=O) groups excluding carboxylic acids is 1. The number of piperidine rings is 1. The Labute approximate surface area is 188 Å². The first kappa shape index (κ1) is 22.1. The lowest BCUT2D eigenvalue weighted by molar-refractivity contribution is -0.134. The average Bonchev–Trinajstić information content (AvgIpc) is 3.25. The molecule has 0 saturated carbocycles. The van der Waals surface area contributed by atoms with Crippen molar-refractivity contribution < 1.29 is 4.79 Å². The largest absolute Gasteiger partial charge is 0.341 e. The molecule has 0 N–H and O–H groups in total. The zero-order chi connectivity index (χ0) is 21.6. The van der Waals surface area contributed by atoms with E-state index in [0.29, 0.717) is 23.7 Å². The fourth-order valence-electron chi connectivity index (χ4n) is 5.72. The molecule has 4 rings (SSSR count). The molecule has 0 radical (unpaired) electrons. The third-order valence-corrected chi connectivity index (χ3v) is 7.67. The molecule has 0 spiro atoms. The lowest BCUT2D eigenvalue weighted by Crippen LogP contribution is -2.39. The molecule has 0 aliphatic carbocycles. The van der Waals surface area contributed by atoms with Crippen LogP contribution in [0.4, 0.5) is 0 Å². The van der Waals surface area contributed by atoms with Gasteiger partial charge in [0.15, 0.2) is 0 Å². The number of nitrogens with zero attached hydrogens (tertiary/aromatic N) is 2. The van der Waals surface area contributed by atoms with Crippen LogP contribution in [0.1, 0.15) is 62.5 Å². The molecule has 2 aromatic rings. The standard InChI is InChI=1S/C28H38N2O/c1-3-22(4-2)28(31)30-20-26(27(21-30)25-13-9-6-10-14-25)19-29-17-15-24(16-18-29)23-11-7-5-8-12-23/h5-14,22,24,26-27H,3-4,15-21H2,1-2H3/t26-,27+/m0/s1. The van der Waals surface area contributed by atoms with Crippen LogP contribution < -0.4 is 0 Å². The SMILES string of the molecule is CCC(CC)C(=O)N1C[C@H](CN2CCC(c3ccccc3)CC2)[C@@H](c2ccccc2)C1. The second-order valence-electron chi connectivity index (χ2n) is 9.52. The number of likely N-dealkylation sites (tertiary alicyclic amines) is 2. The fourth-order valence-corrected chi connectivity index (χ4v) is 5.72. The Morgan fingerprint density at radius 2 is 1.45 bits per heavy atom. The maximum absolute atomic E-state index is 13.1. The average molecular weight is 419 g/mol. The second-order valence-corrected chi connectivity index (χ2v) is 9.52. The van der Waals surface area contributed by atoms with E-state index in [0.717, 1.165) is 45.6 Å². The number of carbonyl (C=O) groups is 1. The Morgan fingerprint density at radius 3 is 2.03 bits per heavy atom. The van der Waals surface area contributed by atoms with Crippen molar-refractivity contribution in [2.45, 2.75) is 51.4 Å². The van der Waals surface area contributed by atoms with Crippen molar-refractivity contribution >= 4 is 5.91 Å². The van der Waals surface area contributed by atoms with Gasteiger partial charge in [0.25, 0.3) is 0 Å². The van der Waals surface area contributed by atoms with Crippen LogP contribution in [0.25, 0.3) is 0 Å². The molecule has 2 fully saturated rings. The van der Waals surface area contributed by atoms with Gasteiger partial charge in [0.05, 0.1) is 0 Å². The Kier molecular flexibility index (Phi) is 7.45. The van der Waals surface area contributed by atoms with E-state index < -0.39 is 0 Å². The summed E-state index contributed by atoms with van der Waals surface area (Å²) in [6, 6.07) is 21.9. The van der Waals surface area contributed by atoms with Crippen molar-refractivity contribution in [3.05, 3.63) is 71.8 Å². The van der Waals surface area contributed by atoms with E-state index in [-0.39, 0.29) is 5.92 Å². The highest BCUT2D eigenvalue weighted by molar-refractivity contribution is 5.79. The summed E-state index contributed by atoms with van der Waals surface area (Å²) in [5.41, 5.74) is 2.89. The predicted molar refractivity (Wildman–Crippen MR) is 128 cm³/mol. The van der Waals surface area contributed by atoms with Gasteiger partial charge in [0.1, 0.15) is 0 Å². The molecule has 166 valence electrons. The van der Waals surface area contributed by atoms with Crippen molar-refractivity contribution in [1.82, 2.24) is 9.80 Å². The van der Waals surface area contributed by atoms with E-state index in [9.17, 15) is 4.79 Å². The van der Waals surface area contributed by atoms with Crippen LogP contribution in [-0.4, -0.2) is 48.4 Å². The van der Waals surface area contributed by atoms with Gasteiger partial charge in [-0.3, -0.25) is 4.79 Å². The minimum Gasteiger partial charge on any atom is -0.341 e. The lowest BCUT2D eigenvalue weighted by atomic mass is 9.86. The van der Waals surface area contributed by atoms with E-state index >= 15 is 0 Å². The molecule has 2 aromatic carbocycles. The number of benzene rings is 2. The van der Waals surface area contributed by atoms with E-state index in [1.54, 1.807) is 0 Å². The van der Waals surface area contributed by atoms with Gasteiger partial charge in [0.2, 0.25) is 5.91 Å². The number of amides is 1. The molecule has 3 nitrogen and oxygen atoms in total. The second kappa shape index (κ2) is 10.5. The Bertz CT molecular complexity index is 809. The summed E-state index contributed by atoms with van der Waals surface area (Å²) in [5, 5.41) is 0. The molecule has 3 heteroatoms. The van der Waals surface area contributed by atoms with Crippen LogP contribution in [0.2, 0.25) is 0 Å². The summed E-state index contributed by atoms with van der Waals surface area (Å²) in [5.74, 6) is 2.22. The van der Waals surface area contributed by atoms with Crippen molar-refractivity contribution in [1.29, 1.82) is 0 Å². The smallest absolute Gasteiger partial charge is 0.225 e. The maximum atomic E-state index is 13.1. The van der Waals surface area contributed by atoms with Gasteiger partial charge < -0.3 is 9.80 Å². The molecular weight excluding hydrogens is 380 g/mol. The molecule has 0 aromatic heterocycles. The van der Waals surface area contributed by atoms with Gasteiger partial charge in [0, 0.05) is 31.5 Å². The number of rotatable bonds is 7. The molecule has 2 saturated heterocycles. The van der Waals surface area contributed by atoms with Crippen molar-refractivity contribution in [2.24, 2.45) is 11.8 Å². The first-order chi connectivity index (χ1) is 15.2. The molecule has 2 aliphatic rings. The molecule has 2 aliphatic heterocycles. The highest BCUT2D eigenvalue weighted by Gasteiger charge is 2.38. The summed E-state index contributed by atoms with van der Waals surface area (Å²) < 4.78 is 0. The maximum Gasteiger partial charge on any atom is 0.225 e. The van der Waals surface area contributed by atoms with Crippen LogP contribution in [0.5, 0.6) is 0 Å².